The van der Waals surface area contributed by atoms with Crippen molar-refractivity contribution in [2.45, 2.75) is 44.7 Å². The predicted molar refractivity (Wildman–Crippen MR) is 80.5 cm³/mol. The number of carbonyl (C=O) groups is 2. The molecule has 0 amide bonds. The molecule has 0 N–H and O–H groups in total. The minimum atomic E-state index is -1.05. The maximum Gasteiger partial charge on any atom is 0.339 e. The van der Waals surface area contributed by atoms with E-state index in [1.54, 1.807) is 0 Å². The van der Waals surface area contributed by atoms with Crippen LogP contribution >= 0.6 is 0 Å². The molecule has 24 heavy (non-hydrogen) atoms. The van der Waals surface area contributed by atoms with Crippen LogP contribution in [0.4, 0.5) is 0 Å². The number of ether oxygens (including phenoxy) is 5. The lowest BCUT2D eigenvalue weighted by molar-refractivity contribution is -0.242. The number of rotatable bonds is 3. The van der Waals surface area contributed by atoms with Crippen LogP contribution in [0.25, 0.3) is 0 Å². The van der Waals surface area contributed by atoms with E-state index in [2.05, 4.69) is 0 Å². The largest absolute Gasteiger partial charge is 0.467 e. The van der Waals surface area contributed by atoms with Gasteiger partial charge in [0.25, 0.3) is 0 Å². The molecule has 6 atom stereocenters. The Labute approximate surface area is 139 Å². The van der Waals surface area contributed by atoms with E-state index in [0.717, 1.165) is 5.56 Å². The van der Waals surface area contributed by atoms with Crippen molar-refractivity contribution in [3.63, 3.8) is 0 Å². The minimum absolute atomic E-state index is 0.300. The lowest BCUT2D eigenvalue weighted by Gasteiger charge is -2.39. The van der Waals surface area contributed by atoms with Crippen LogP contribution in [0.2, 0.25) is 0 Å². The lowest BCUT2D eigenvalue weighted by atomic mass is 9.90. The molecule has 2 heterocycles. The maximum atomic E-state index is 12.0. The second-order valence-corrected chi connectivity index (χ2v) is 5.86. The van der Waals surface area contributed by atoms with Gasteiger partial charge in [-0.1, -0.05) is 37.3 Å². The summed E-state index contributed by atoms with van der Waals surface area (Å²) in [6.07, 6.45) is -3.64. The zero-order valence-electron chi connectivity index (χ0n) is 13.7. The first kappa shape index (κ1) is 16.9. The third kappa shape index (κ3) is 3.15. The molecule has 0 aromatic heterocycles. The molecule has 1 aromatic carbocycles. The van der Waals surface area contributed by atoms with Gasteiger partial charge < -0.3 is 23.7 Å². The van der Waals surface area contributed by atoms with Gasteiger partial charge in [0.1, 0.15) is 12.2 Å². The summed E-state index contributed by atoms with van der Waals surface area (Å²) in [4.78, 5) is 23.4. The fourth-order valence-corrected chi connectivity index (χ4v) is 3.04. The zero-order valence-corrected chi connectivity index (χ0v) is 13.7. The molecule has 6 unspecified atom stereocenters. The average Bonchev–Trinajstić information content (AvgIpc) is 3.01. The number of hydrogen-bond donors (Lipinski definition) is 0. The van der Waals surface area contributed by atoms with Gasteiger partial charge in [-0.15, -0.1) is 0 Å². The second kappa shape index (κ2) is 6.88. The number of fused-ring (bicyclic) bond motifs is 1. The van der Waals surface area contributed by atoms with Gasteiger partial charge in [-0.25, -0.2) is 4.79 Å². The molecule has 2 saturated heterocycles. The number of carbonyl (C=O) groups excluding carboxylic acids is 2. The highest BCUT2D eigenvalue weighted by molar-refractivity contribution is 5.76. The van der Waals surface area contributed by atoms with Crippen molar-refractivity contribution in [2.24, 2.45) is 5.92 Å². The highest BCUT2D eigenvalue weighted by Gasteiger charge is 2.54. The fourth-order valence-electron chi connectivity index (χ4n) is 3.04. The van der Waals surface area contributed by atoms with E-state index in [1.165, 1.54) is 14.0 Å². The van der Waals surface area contributed by atoms with Gasteiger partial charge in [0.2, 0.25) is 0 Å². The van der Waals surface area contributed by atoms with Crippen molar-refractivity contribution < 1.29 is 33.3 Å². The van der Waals surface area contributed by atoms with Gasteiger partial charge in [0.05, 0.1) is 7.11 Å². The summed E-state index contributed by atoms with van der Waals surface area (Å²) >= 11 is 0. The Bertz CT molecular complexity index is 602. The molecule has 2 fully saturated rings. The van der Waals surface area contributed by atoms with Crippen LogP contribution in [0.15, 0.2) is 30.3 Å². The van der Waals surface area contributed by atoms with Crippen LogP contribution in [0, 0.1) is 5.92 Å². The van der Waals surface area contributed by atoms with E-state index in [0.29, 0.717) is 0 Å². The molecule has 0 saturated carbocycles. The van der Waals surface area contributed by atoms with E-state index in [9.17, 15) is 9.59 Å². The normalized spacial score (nSPS) is 35.1. The first-order valence-electron chi connectivity index (χ1n) is 7.77. The molecule has 3 rings (SSSR count). The third-order valence-corrected chi connectivity index (χ3v) is 4.23. The Kier molecular flexibility index (Phi) is 4.84. The molecule has 130 valence electrons. The van der Waals surface area contributed by atoms with Crippen molar-refractivity contribution in [3.8, 4) is 0 Å². The molecular weight excluding hydrogens is 316 g/mol. The smallest absolute Gasteiger partial charge is 0.339 e. The number of hydrogen-bond acceptors (Lipinski definition) is 7. The van der Waals surface area contributed by atoms with Crippen molar-refractivity contribution in [1.29, 1.82) is 0 Å². The Morgan fingerprint density at radius 1 is 1.08 bits per heavy atom. The molecule has 2 aliphatic heterocycles. The number of esters is 2. The Hall–Kier alpha value is -1.96. The van der Waals surface area contributed by atoms with Gasteiger partial charge in [-0.3, -0.25) is 4.79 Å². The summed E-state index contributed by atoms with van der Waals surface area (Å²) in [5.74, 6) is -1.41. The molecular formula is C17H20O7. The van der Waals surface area contributed by atoms with Crippen molar-refractivity contribution in [2.75, 3.05) is 7.11 Å². The van der Waals surface area contributed by atoms with E-state index in [-0.39, 0.29) is 5.92 Å². The first-order chi connectivity index (χ1) is 11.5. The fraction of sp³-hybridized carbons (Fsp3) is 0.529. The molecule has 0 bridgehead atoms. The van der Waals surface area contributed by atoms with E-state index in [4.69, 9.17) is 23.7 Å². The third-order valence-electron chi connectivity index (χ3n) is 4.23. The van der Waals surface area contributed by atoms with Crippen LogP contribution in [-0.2, 0) is 33.3 Å². The predicted octanol–water partition coefficient (Wildman–Crippen LogP) is 1.57. The SMILES string of the molecule is COC(=O)C1OC2OC(c3ccccc3)OC2C(C)C1OC(C)=O. The lowest BCUT2D eigenvalue weighted by Crippen LogP contribution is -2.56. The van der Waals surface area contributed by atoms with Gasteiger partial charge in [-0.2, -0.15) is 0 Å². The Morgan fingerprint density at radius 2 is 1.79 bits per heavy atom. The summed E-state index contributed by atoms with van der Waals surface area (Å²) in [6, 6.07) is 9.43. The average molecular weight is 336 g/mol. The van der Waals surface area contributed by atoms with Crippen LogP contribution in [-0.4, -0.2) is 43.7 Å². The van der Waals surface area contributed by atoms with Gasteiger partial charge in [0, 0.05) is 18.4 Å². The van der Waals surface area contributed by atoms with E-state index < -0.39 is 42.8 Å². The van der Waals surface area contributed by atoms with E-state index >= 15 is 0 Å². The molecule has 0 spiro atoms. The van der Waals surface area contributed by atoms with Crippen LogP contribution in [0.1, 0.15) is 25.7 Å². The van der Waals surface area contributed by atoms with Crippen molar-refractivity contribution in [3.05, 3.63) is 35.9 Å². The monoisotopic (exact) mass is 336 g/mol. The Balaban J connectivity index is 1.82. The summed E-state index contributed by atoms with van der Waals surface area (Å²) in [5, 5.41) is 0. The summed E-state index contributed by atoms with van der Waals surface area (Å²) in [5.41, 5.74) is 0.848. The molecule has 2 aliphatic rings. The molecule has 7 heteroatoms. The minimum Gasteiger partial charge on any atom is -0.467 e. The summed E-state index contributed by atoms with van der Waals surface area (Å²) in [6.45, 7) is 3.12. The quantitative estimate of drug-likeness (QED) is 0.775. The van der Waals surface area contributed by atoms with Gasteiger partial charge >= 0.3 is 11.9 Å². The molecule has 7 nitrogen and oxygen atoms in total. The zero-order chi connectivity index (χ0) is 17.3. The van der Waals surface area contributed by atoms with Gasteiger partial charge in [0.15, 0.2) is 18.7 Å². The molecule has 1 aromatic rings. The van der Waals surface area contributed by atoms with Gasteiger partial charge in [-0.05, 0) is 0 Å². The van der Waals surface area contributed by atoms with Crippen LogP contribution in [0.5, 0.6) is 0 Å². The standard InChI is InChI=1S/C17H20O7/c1-9-12(21-10(2)18)14(15(19)20-3)23-17-13(9)22-16(24-17)11-7-5-4-6-8-11/h4-9,12-14,16-17H,1-3H3. The highest BCUT2D eigenvalue weighted by Crippen LogP contribution is 2.41. The topological polar surface area (TPSA) is 80.3 Å². The highest BCUT2D eigenvalue weighted by atomic mass is 16.8. The molecule has 0 aliphatic carbocycles. The number of methoxy groups -OCH3 is 1. The summed E-state index contributed by atoms with van der Waals surface area (Å²) in [7, 11) is 1.26. The molecule has 0 radical (unpaired) electrons. The van der Waals surface area contributed by atoms with Crippen LogP contribution < -0.4 is 0 Å². The van der Waals surface area contributed by atoms with E-state index in [1.807, 2.05) is 37.3 Å². The first-order valence-corrected chi connectivity index (χ1v) is 7.77. The summed E-state index contributed by atoms with van der Waals surface area (Å²) < 4.78 is 27.5. The Morgan fingerprint density at radius 3 is 2.42 bits per heavy atom. The maximum absolute atomic E-state index is 12.0. The van der Waals surface area contributed by atoms with Crippen molar-refractivity contribution >= 4 is 11.9 Å². The van der Waals surface area contributed by atoms with Crippen LogP contribution in [0.3, 0.4) is 0 Å². The number of benzene rings is 1. The van der Waals surface area contributed by atoms with Crippen molar-refractivity contribution in [1.82, 2.24) is 0 Å². The second-order valence-electron chi connectivity index (χ2n) is 5.86.